The molecule has 2 atom stereocenters. The Hall–Kier alpha value is -0.530. The van der Waals surface area contributed by atoms with Gasteiger partial charge in [0, 0.05) is 5.02 Å². The molecule has 1 aromatic rings. The Morgan fingerprint density at radius 3 is 2.63 bits per heavy atom. The third-order valence-corrected chi connectivity index (χ3v) is 5.15. The van der Waals surface area contributed by atoms with Gasteiger partial charge in [-0.25, -0.2) is 0 Å². The summed E-state index contributed by atoms with van der Waals surface area (Å²) in [6.45, 7) is 6.58. The van der Waals surface area contributed by atoms with Gasteiger partial charge >= 0.3 is 0 Å². The van der Waals surface area contributed by atoms with E-state index in [4.69, 9.17) is 11.6 Å². The summed E-state index contributed by atoms with van der Waals surface area (Å²) >= 11 is 6.20. The minimum absolute atomic E-state index is 0.680. The molecule has 1 fully saturated rings. The highest BCUT2D eigenvalue weighted by molar-refractivity contribution is 6.31. The van der Waals surface area contributed by atoms with Crippen molar-refractivity contribution in [3.05, 3.63) is 34.3 Å². The van der Waals surface area contributed by atoms with Crippen molar-refractivity contribution in [2.75, 3.05) is 0 Å². The average molecular weight is 281 g/mol. The second-order valence-corrected chi connectivity index (χ2v) is 6.84. The van der Waals surface area contributed by atoms with E-state index >= 15 is 0 Å². The highest BCUT2D eigenvalue weighted by atomic mass is 35.5. The van der Waals surface area contributed by atoms with E-state index in [0.717, 1.165) is 47.8 Å². The number of rotatable bonds is 2. The van der Waals surface area contributed by atoms with Crippen molar-refractivity contribution in [3.8, 4) is 0 Å². The predicted molar refractivity (Wildman–Crippen MR) is 81.5 cm³/mol. The van der Waals surface area contributed by atoms with Crippen LogP contribution in [0.1, 0.15) is 57.1 Å². The van der Waals surface area contributed by atoms with E-state index in [1.807, 2.05) is 25.1 Å². The molecule has 1 N–H and O–H groups in total. The van der Waals surface area contributed by atoms with Crippen LogP contribution < -0.4 is 0 Å². The Kier molecular flexibility index (Phi) is 4.58. The van der Waals surface area contributed by atoms with E-state index in [1.165, 1.54) is 6.42 Å². The molecule has 0 aliphatic heterocycles. The standard InChI is InChI=1S/C17H25ClO/c1-12(2)14-5-4-9-17(19,10-8-14)15-7-6-13(3)16(18)11-15/h6-7,11-12,14,19H,4-5,8-10H2,1-3H3. The third kappa shape index (κ3) is 3.32. The van der Waals surface area contributed by atoms with Gasteiger partial charge in [-0.05, 0) is 61.6 Å². The van der Waals surface area contributed by atoms with Gasteiger partial charge in [0.1, 0.15) is 0 Å². The van der Waals surface area contributed by atoms with Gasteiger partial charge in [-0.2, -0.15) is 0 Å². The van der Waals surface area contributed by atoms with Gasteiger partial charge in [-0.3, -0.25) is 0 Å². The largest absolute Gasteiger partial charge is 0.385 e. The van der Waals surface area contributed by atoms with Crippen molar-refractivity contribution in [2.45, 2.75) is 58.5 Å². The monoisotopic (exact) mass is 280 g/mol. The molecule has 1 aliphatic rings. The van der Waals surface area contributed by atoms with Crippen LogP contribution in [0.25, 0.3) is 0 Å². The summed E-state index contributed by atoms with van der Waals surface area (Å²) in [6, 6.07) is 6.00. The van der Waals surface area contributed by atoms with Gasteiger partial charge < -0.3 is 5.11 Å². The Bertz CT molecular complexity index is 441. The van der Waals surface area contributed by atoms with Gasteiger partial charge in [0.2, 0.25) is 0 Å². The van der Waals surface area contributed by atoms with E-state index in [0.29, 0.717) is 5.92 Å². The van der Waals surface area contributed by atoms with Crippen molar-refractivity contribution >= 4 is 11.6 Å². The molecule has 106 valence electrons. The van der Waals surface area contributed by atoms with Gasteiger partial charge in [0.15, 0.2) is 0 Å². The first kappa shape index (κ1) is 14.9. The van der Waals surface area contributed by atoms with Crippen LogP contribution in [-0.2, 0) is 5.60 Å². The van der Waals surface area contributed by atoms with Crippen LogP contribution in [0.4, 0.5) is 0 Å². The molecule has 0 bridgehead atoms. The van der Waals surface area contributed by atoms with Crippen LogP contribution in [0.15, 0.2) is 18.2 Å². The van der Waals surface area contributed by atoms with Gasteiger partial charge in [-0.15, -0.1) is 0 Å². The van der Waals surface area contributed by atoms with E-state index < -0.39 is 5.60 Å². The first-order valence-electron chi connectivity index (χ1n) is 7.41. The molecule has 0 aromatic heterocycles. The van der Waals surface area contributed by atoms with E-state index in [-0.39, 0.29) is 0 Å². The lowest BCUT2D eigenvalue weighted by Gasteiger charge is -2.28. The summed E-state index contributed by atoms with van der Waals surface area (Å²) in [6.07, 6.45) is 5.16. The topological polar surface area (TPSA) is 20.2 Å². The normalized spacial score (nSPS) is 28.4. The van der Waals surface area contributed by atoms with Crippen molar-refractivity contribution in [2.24, 2.45) is 11.8 Å². The molecule has 2 unspecified atom stereocenters. The lowest BCUT2D eigenvalue weighted by atomic mass is 9.84. The van der Waals surface area contributed by atoms with Crippen LogP contribution in [0.2, 0.25) is 5.02 Å². The summed E-state index contributed by atoms with van der Waals surface area (Å²) in [4.78, 5) is 0. The third-order valence-electron chi connectivity index (χ3n) is 4.75. The van der Waals surface area contributed by atoms with Gasteiger partial charge in [-0.1, -0.05) is 44.0 Å². The number of halogens is 1. The van der Waals surface area contributed by atoms with E-state index in [1.54, 1.807) is 0 Å². The number of hydrogen-bond acceptors (Lipinski definition) is 1. The van der Waals surface area contributed by atoms with Crippen LogP contribution >= 0.6 is 11.6 Å². The summed E-state index contributed by atoms with van der Waals surface area (Å²) < 4.78 is 0. The SMILES string of the molecule is Cc1ccc(C2(O)CCCC(C(C)C)CC2)cc1Cl. The highest BCUT2D eigenvalue weighted by Gasteiger charge is 2.33. The van der Waals surface area contributed by atoms with Crippen molar-refractivity contribution in [3.63, 3.8) is 0 Å². The maximum Gasteiger partial charge on any atom is 0.0897 e. The zero-order chi connectivity index (χ0) is 14.0. The summed E-state index contributed by atoms with van der Waals surface area (Å²) in [5.41, 5.74) is 1.39. The predicted octanol–water partition coefficient (Wildman–Crippen LogP) is 5.07. The summed E-state index contributed by atoms with van der Waals surface area (Å²) in [7, 11) is 0. The maximum atomic E-state index is 11.0. The minimum atomic E-state index is -0.680. The first-order chi connectivity index (χ1) is 8.92. The van der Waals surface area contributed by atoms with Crippen molar-refractivity contribution < 1.29 is 5.11 Å². The quantitative estimate of drug-likeness (QED) is 0.750. The van der Waals surface area contributed by atoms with Crippen LogP contribution in [0.3, 0.4) is 0 Å². The number of hydrogen-bond donors (Lipinski definition) is 1. The fourth-order valence-electron chi connectivity index (χ4n) is 3.19. The molecule has 19 heavy (non-hydrogen) atoms. The van der Waals surface area contributed by atoms with Gasteiger partial charge in [0.05, 0.1) is 5.60 Å². The highest BCUT2D eigenvalue weighted by Crippen LogP contribution is 2.40. The Labute approximate surface area is 122 Å². The molecular formula is C17H25ClO. The molecule has 1 saturated carbocycles. The zero-order valence-corrected chi connectivity index (χ0v) is 13.0. The molecule has 1 aliphatic carbocycles. The molecule has 1 nitrogen and oxygen atoms in total. The average Bonchev–Trinajstić information content (AvgIpc) is 2.56. The summed E-state index contributed by atoms with van der Waals surface area (Å²) in [5, 5.41) is 11.7. The second-order valence-electron chi connectivity index (χ2n) is 6.43. The Morgan fingerprint density at radius 1 is 1.26 bits per heavy atom. The fraction of sp³-hybridized carbons (Fsp3) is 0.647. The zero-order valence-electron chi connectivity index (χ0n) is 12.2. The molecule has 2 heteroatoms. The first-order valence-corrected chi connectivity index (χ1v) is 7.79. The van der Waals surface area contributed by atoms with Crippen LogP contribution in [0, 0.1) is 18.8 Å². The van der Waals surface area contributed by atoms with Crippen molar-refractivity contribution in [1.82, 2.24) is 0 Å². The fourth-order valence-corrected chi connectivity index (χ4v) is 3.37. The van der Waals surface area contributed by atoms with Crippen LogP contribution in [0.5, 0.6) is 0 Å². The minimum Gasteiger partial charge on any atom is -0.385 e. The molecular weight excluding hydrogens is 256 g/mol. The summed E-state index contributed by atoms with van der Waals surface area (Å²) in [5.74, 6) is 1.46. The van der Waals surface area contributed by atoms with E-state index in [9.17, 15) is 5.11 Å². The molecule has 0 spiro atoms. The molecule has 0 radical (unpaired) electrons. The molecule has 0 saturated heterocycles. The van der Waals surface area contributed by atoms with E-state index in [2.05, 4.69) is 13.8 Å². The molecule has 0 amide bonds. The lowest BCUT2D eigenvalue weighted by Crippen LogP contribution is -2.25. The lowest BCUT2D eigenvalue weighted by molar-refractivity contribution is 0.0191. The Morgan fingerprint density at radius 2 is 2.00 bits per heavy atom. The number of benzene rings is 1. The maximum absolute atomic E-state index is 11.0. The smallest absolute Gasteiger partial charge is 0.0897 e. The van der Waals surface area contributed by atoms with Gasteiger partial charge in [0.25, 0.3) is 0 Å². The Balaban J connectivity index is 2.20. The second kappa shape index (κ2) is 5.85. The van der Waals surface area contributed by atoms with Crippen LogP contribution in [-0.4, -0.2) is 5.11 Å². The molecule has 0 heterocycles. The molecule has 1 aromatic carbocycles. The van der Waals surface area contributed by atoms with Crippen molar-refractivity contribution in [1.29, 1.82) is 0 Å². The number of aryl methyl sites for hydroxylation is 1. The number of aliphatic hydroxyl groups is 1. The molecule has 2 rings (SSSR count).